The first-order chi connectivity index (χ1) is 11.5. The lowest BCUT2D eigenvalue weighted by molar-refractivity contribution is 0.0937. The maximum absolute atomic E-state index is 13.4. The van der Waals surface area contributed by atoms with Crippen LogP contribution in [0.5, 0.6) is 11.5 Å². The molecule has 0 unspecified atom stereocenters. The molecule has 0 saturated heterocycles. The minimum Gasteiger partial charge on any atom is -0.497 e. The van der Waals surface area contributed by atoms with E-state index in [9.17, 15) is 14.0 Å². The number of hydrazine groups is 1. The van der Waals surface area contributed by atoms with Gasteiger partial charge in [0.15, 0.2) is 0 Å². The van der Waals surface area contributed by atoms with Gasteiger partial charge in [-0.1, -0.05) is 12.1 Å². The van der Waals surface area contributed by atoms with E-state index < -0.39 is 17.8 Å². The Kier molecular flexibility index (Phi) is 5.56. The van der Waals surface area contributed by atoms with Gasteiger partial charge >= 0.3 is 6.03 Å². The van der Waals surface area contributed by atoms with Gasteiger partial charge < -0.3 is 14.8 Å². The standard InChI is InChI=1S/C16H16FN3O4/c1-23-11-7-10(8-12(9-11)24-2)15(21)19-20-16(22)18-14-6-4-3-5-13(14)17/h3-9H,1-2H3,(H,19,21)(H2,18,20,22). The number of rotatable bonds is 4. The molecular weight excluding hydrogens is 317 g/mol. The van der Waals surface area contributed by atoms with Crippen molar-refractivity contribution in [3.8, 4) is 11.5 Å². The number of benzene rings is 2. The normalized spacial score (nSPS) is 9.79. The summed E-state index contributed by atoms with van der Waals surface area (Å²) in [6.07, 6.45) is 0. The number of amides is 3. The molecule has 0 spiro atoms. The second-order valence-electron chi connectivity index (χ2n) is 4.61. The second-order valence-corrected chi connectivity index (χ2v) is 4.61. The fraction of sp³-hybridized carbons (Fsp3) is 0.125. The van der Waals surface area contributed by atoms with Crippen molar-refractivity contribution in [2.24, 2.45) is 0 Å². The summed E-state index contributed by atoms with van der Waals surface area (Å²) in [7, 11) is 2.91. The van der Waals surface area contributed by atoms with E-state index in [0.29, 0.717) is 11.5 Å². The van der Waals surface area contributed by atoms with Gasteiger partial charge in [-0.05, 0) is 24.3 Å². The first-order valence-corrected chi connectivity index (χ1v) is 6.88. The molecule has 3 N–H and O–H groups in total. The number of hydrogen-bond acceptors (Lipinski definition) is 4. The SMILES string of the molecule is COc1cc(OC)cc(C(=O)NNC(=O)Nc2ccccc2F)c1. The van der Waals surface area contributed by atoms with E-state index in [1.165, 1.54) is 44.6 Å². The average Bonchev–Trinajstić information content (AvgIpc) is 2.61. The van der Waals surface area contributed by atoms with Crippen molar-refractivity contribution >= 4 is 17.6 Å². The lowest BCUT2D eigenvalue weighted by atomic mass is 10.2. The number of methoxy groups -OCH3 is 2. The van der Waals surface area contributed by atoms with Crippen LogP contribution in [0.25, 0.3) is 0 Å². The highest BCUT2D eigenvalue weighted by Crippen LogP contribution is 2.22. The van der Waals surface area contributed by atoms with E-state index in [1.54, 1.807) is 12.1 Å². The minimum atomic E-state index is -0.789. The highest BCUT2D eigenvalue weighted by atomic mass is 19.1. The Morgan fingerprint density at radius 3 is 2.17 bits per heavy atom. The summed E-state index contributed by atoms with van der Waals surface area (Å²) in [6.45, 7) is 0. The molecule has 0 aliphatic carbocycles. The number of halogens is 1. The third kappa shape index (κ3) is 4.35. The number of ether oxygens (including phenoxy) is 2. The number of carbonyl (C=O) groups excluding carboxylic acids is 2. The van der Waals surface area contributed by atoms with E-state index >= 15 is 0 Å². The predicted octanol–water partition coefficient (Wildman–Crippen LogP) is 2.31. The van der Waals surface area contributed by atoms with E-state index in [0.717, 1.165) is 0 Å². The van der Waals surface area contributed by atoms with Crippen LogP contribution in [0.1, 0.15) is 10.4 Å². The molecule has 7 nitrogen and oxygen atoms in total. The van der Waals surface area contributed by atoms with E-state index in [-0.39, 0.29) is 11.3 Å². The van der Waals surface area contributed by atoms with Crippen LogP contribution in [0.2, 0.25) is 0 Å². The maximum Gasteiger partial charge on any atom is 0.338 e. The molecule has 0 radical (unpaired) electrons. The fourth-order valence-corrected chi connectivity index (χ4v) is 1.84. The van der Waals surface area contributed by atoms with E-state index in [1.807, 2.05) is 0 Å². The molecule has 0 heterocycles. The Morgan fingerprint density at radius 1 is 0.958 bits per heavy atom. The molecule has 0 aliphatic heterocycles. The van der Waals surface area contributed by atoms with Crippen molar-refractivity contribution in [1.82, 2.24) is 10.9 Å². The Morgan fingerprint density at radius 2 is 1.58 bits per heavy atom. The van der Waals surface area contributed by atoms with Gasteiger partial charge in [0.2, 0.25) is 0 Å². The molecule has 2 aromatic rings. The van der Waals surface area contributed by atoms with Gasteiger partial charge in [0.25, 0.3) is 5.91 Å². The molecule has 24 heavy (non-hydrogen) atoms. The highest BCUT2D eigenvalue weighted by Gasteiger charge is 2.11. The van der Waals surface area contributed by atoms with Crippen molar-refractivity contribution in [2.45, 2.75) is 0 Å². The van der Waals surface area contributed by atoms with Crippen molar-refractivity contribution in [3.05, 3.63) is 53.8 Å². The zero-order chi connectivity index (χ0) is 17.5. The summed E-state index contributed by atoms with van der Waals surface area (Å²) in [4.78, 5) is 23.8. The minimum absolute atomic E-state index is 0.00713. The molecule has 3 amide bonds. The predicted molar refractivity (Wildman–Crippen MR) is 85.6 cm³/mol. The molecule has 0 atom stereocenters. The van der Waals surface area contributed by atoms with Crippen molar-refractivity contribution in [2.75, 3.05) is 19.5 Å². The molecule has 2 aromatic carbocycles. The molecule has 8 heteroatoms. The molecule has 126 valence electrons. The molecule has 0 fully saturated rings. The van der Waals surface area contributed by atoms with Crippen molar-refractivity contribution in [3.63, 3.8) is 0 Å². The number of hydrogen-bond donors (Lipinski definition) is 3. The zero-order valence-corrected chi connectivity index (χ0v) is 13.1. The van der Waals surface area contributed by atoms with Gasteiger partial charge in [-0.3, -0.25) is 10.2 Å². The highest BCUT2D eigenvalue weighted by molar-refractivity contribution is 5.97. The van der Waals surface area contributed by atoms with E-state index in [2.05, 4.69) is 16.2 Å². The lowest BCUT2D eigenvalue weighted by Gasteiger charge is -2.11. The second kappa shape index (κ2) is 7.82. The van der Waals surface area contributed by atoms with Crippen LogP contribution in [0, 0.1) is 5.82 Å². The number of nitrogens with one attached hydrogen (secondary N) is 3. The third-order valence-corrected chi connectivity index (χ3v) is 3.03. The first kappa shape index (κ1) is 17.1. The Labute approximate surface area is 137 Å². The van der Waals surface area contributed by atoms with Crippen LogP contribution >= 0.6 is 0 Å². The largest absolute Gasteiger partial charge is 0.497 e. The zero-order valence-electron chi connectivity index (χ0n) is 13.1. The molecule has 0 bridgehead atoms. The third-order valence-electron chi connectivity index (χ3n) is 3.03. The summed E-state index contributed by atoms with van der Waals surface area (Å²) in [5.74, 6) is -0.321. The smallest absolute Gasteiger partial charge is 0.338 e. The molecule has 0 saturated carbocycles. The van der Waals surface area contributed by atoms with Crippen LogP contribution in [0.4, 0.5) is 14.9 Å². The average molecular weight is 333 g/mol. The van der Waals surface area contributed by atoms with Crippen LogP contribution in [0.15, 0.2) is 42.5 Å². The van der Waals surface area contributed by atoms with Gasteiger partial charge in [-0.2, -0.15) is 0 Å². The van der Waals surface area contributed by atoms with Gasteiger partial charge in [0, 0.05) is 11.6 Å². The monoisotopic (exact) mass is 333 g/mol. The summed E-state index contributed by atoms with van der Waals surface area (Å²) < 4.78 is 23.6. The summed E-state index contributed by atoms with van der Waals surface area (Å²) in [5.41, 5.74) is 4.55. The maximum atomic E-state index is 13.4. The molecule has 0 aromatic heterocycles. The Hall–Kier alpha value is -3.29. The Balaban J connectivity index is 1.98. The summed E-state index contributed by atoms with van der Waals surface area (Å²) in [6, 6.07) is 9.44. The quantitative estimate of drug-likeness (QED) is 0.749. The molecule has 2 rings (SSSR count). The van der Waals surface area contributed by atoms with E-state index in [4.69, 9.17) is 9.47 Å². The van der Waals surface area contributed by atoms with Gasteiger partial charge in [-0.25, -0.2) is 14.6 Å². The van der Waals surface area contributed by atoms with Gasteiger partial charge in [0.1, 0.15) is 17.3 Å². The van der Waals surface area contributed by atoms with Crippen molar-refractivity contribution < 1.29 is 23.5 Å². The van der Waals surface area contributed by atoms with Crippen LogP contribution in [-0.4, -0.2) is 26.2 Å². The number of para-hydroxylation sites is 1. The van der Waals surface area contributed by atoms with Gasteiger partial charge in [-0.15, -0.1) is 0 Å². The number of urea groups is 1. The first-order valence-electron chi connectivity index (χ1n) is 6.88. The summed E-state index contributed by atoms with van der Waals surface area (Å²) in [5, 5.41) is 2.27. The molecular formula is C16H16FN3O4. The summed E-state index contributed by atoms with van der Waals surface area (Å²) >= 11 is 0. The Bertz CT molecular complexity index is 730. The molecule has 0 aliphatic rings. The van der Waals surface area contributed by atoms with Crippen LogP contribution < -0.4 is 25.6 Å². The van der Waals surface area contributed by atoms with Gasteiger partial charge in [0.05, 0.1) is 19.9 Å². The number of anilines is 1. The van der Waals surface area contributed by atoms with Crippen LogP contribution in [0.3, 0.4) is 0 Å². The topological polar surface area (TPSA) is 88.7 Å². The van der Waals surface area contributed by atoms with Crippen LogP contribution in [-0.2, 0) is 0 Å². The van der Waals surface area contributed by atoms with Crippen molar-refractivity contribution in [1.29, 1.82) is 0 Å². The fourth-order valence-electron chi connectivity index (χ4n) is 1.84. The lowest BCUT2D eigenvalue weighted by Crippen LogP contribution is -2.44. The number of carbonyl (C=O) groups is 2.